The van der Waals surface area contributed by atoms with Crippen LogP contribution in [0.2, 0.25) is 0 Å². The third kappa shape index (κ3) is 3.99. The Morgan fingerprint density at radius 3 is 2.14 bits per heavy atom. The lowest BCUT2D eigenvalue weighted by Crippen LogP contribution is -2.10. The summed E-state index contributed by atoms with van der Waals surface area (Å²) in [7, 11) is 0. The summed E-state index contributed by atoms with van der Waals surface area (Å²) in [6.45, 7) is -0.0999. The number of rotatable bonds is 4. The number of aliphatic hydroxyl groups is 1. The molecule has 0 aliphatic rings. The lowest BCUT2D eigenvalue weighted by atomic mass is 10.1. The van der Waals surface area contributed by atoms with Gasteiger partial charge in [0.25, 0.3) is 0 Å². The molecule has 114 valence electrons. The Bertz CT molecular complexity index is 658. The van der Waals surface area contributed by atoms with E-state index in [1.807, 2.05) is 6.07 Å². The van der Waals surface area contributed by atoms with Crippen molar-refractivity contribution in [3.05, 3.63) is 65.2 Å². The number of nitriles is 1. The molecule has 0 saturated heterocycles. The first-order chi connectivity index (χ1) is 10.4. The second-order valence-electron chi connectivity index (χ2n) is 4.58. The predicted octanol–water partition coefficient (Wildman–Crippen LogP) is 3.69. The minimum atomic E-state index is -4.40. The van der Waals surface area contributed by atoms with Crippen LogP contribution >= 0.6 is 0 Å². The molecule has 1 unspecified atom stereocenters. The molecule has 6 heteroatoms. The van der Waals surface area contributed by atoms with Gasteiger partial charge in [0.2, 0.25) is 0 Å². The monoisotopic (exact) mass is 307 g/mol. The van der Waals surface area contributed by atoms with Crippen molar-refractivity contribution in [3.63, 3.8) is 0 Å². The molecular formula is C16H12F3NO2. The highest BCUT2D eigenvalue weighted by Crippen LogP contribution is 2.30. The maximum Gasteiger partial charge on any atom is 0.416 e. The Balaban J connectivity index is 1.97. The van der Waals surface area contributed by atoms with Crippen molar-refractivity contribution < 1.29 is 23.0 Å². The smallest absolute Gasteiger partial charge is 0.416 e. The predicted molar refractivity (Wildman–Crippen MR) is 73.1 cm³/mol. The summed E-state index contributed by atoms with van der Waals surface area (Å²) < 4.78 is 42.7. The van der Waals surface area contributed by atoms with Crippen LogP contribution in [0.15, 0.2) is 48.5 Å². The van der Waals surface area contributed by atoms with Crippen LogP contribution < -0.4 is 4.74 Å². The number of hydrogen-bond donors (Lipinski definition) is 1. The van der Waals surface area contributed by atoms with Crippen LogP contribution in [0.1, 0.15) is 22.8 Å². The number of hydrogen-bond acceptors (Lipinski definition) is 3. The molecular weight excluding hydrogens is 295 g/mol. The van der Waals surface area contributed by atoms with Gasteiger partial charge in [-0.1, -0.05) is 12.1 Å². The fraction of sp³-hybridized carbons (Fsp3) is 0.188. The van der Waals surface area contributed by atoms with Gasteiger partial charge >= 0.3 is 6.18 Å². The second kappa shape index (κ2) is 6.50. The molecule has 0 spiro atoms. The second-order valence-corrected chi connectivity index (χ2v) is 4.58. The van der Waals surface area contributed by atoms with Crippen molar-refractivity contribution in [3.8, 4) is 11.8 Å². The lowest BCUT2D eigenvalue weighted by Gasteiger charge is -2.14. The molecule has 0 aromatic heterocycles. The van der Waals surface area contributed by atoms with Crippen molar-refractivity contribution in [2.24, 2.45) is 0 Å². The normalized spacial score (nSPS) is 12.5. The molecule has 3 nitrogen and oxygen atoms in total. The van der Waals surface area contributed by atoms with E-state index in [-0.39, 0.29) is 6.61 Å². The Hall–Kier alpha value is -2.52. The molecule has 2 rings (SSSR count). The molecule has 0 radical (unpaired) electrons. The summed E-state index contributed by atoms with van der Waals surface area (Å²) in [6.07, 6.45) is -5.44. The SMILES string of the molecule is N#Cc1ccc(OCC(O)c2ccc(C(F)(F)F)cc2)cc1. The minimum absolute atomic E-state index is 0.0999. The molecule has 0 fully saturated rings. The van der Waals surface area contributed by atoms with Crippen LogP contribution in [0.4, 0.5) is 13.2 Å². The van der Waals surface area contributed by atoms with Gasteiger partial charge in [0, 0.05) is 0 Å². The van der Waals surface area contributed by atoms with Crippen molar-refractivity contribution in [1.82, 2.24) is 0 Å². The maximum absolute atomic E-state index is 12.4. The van der Waals surface area contributed by atoms with Crippen LogP contribution in [0.5, 0.6) is 5.75 Å². The van der Waals surface area contributed by atoms with E-state index in [0.717, 1.165) is 12.1 Å². The highest BCUT2D eigenvalue weighted by Gasteiger charge is 2.30. The first-order valence-corrected chi connectivity index (χ1v) is 6.38. The van der Waals surface area contributed by atoms with E-state index in [1.165, 1.54) is 12.1 Å². The third-order valence-electron chi connectivity index (χ3n) is 3.01. The Kier molecular flexibility index (Phi) is 4.68. The van der Waals surface area contributed by atoms with E-state index in [9.17, 15) is 18.3 Å². The molecule has 0 saturated carbocycles. The van der Waals surface area contributed by atoms with Gasteiger partial charge in [-0.15, -0.1) is 0 Å². The van der Waals surface area contributed by atoms with Gasteiger partial charge in [0.15, 0.2) is 0 Å². The quantitative estimate of drug-likeness (QED) is 0.937. The van der Waals surface area contributed by atoms with Gasteiger partial charge in [-0.3, -0.25) is 0 Å². The Labute approximate surface area is 125 Å². The zero-order valence-corrected chi connectivity index (χ0v) is 11.3. The first kappa shape index (κ1) is 15.9. The summed E-state index contributed by atoms with van der Waals surface area (Å²) in [4.78, 5) is 0. The van der Waals surface area contributed by atoms with E-state index >= 15 is 0 Å². The van der Waals surface area contributed by atoms with Crippen LogP contribution in [-0.2, 0) is 6.18 Å². The fourth-order valence-electron chi connectivity index (χ4n) is 1.79. The van der Waals surface area contributed by atoms with Crippen LogP contribution in [0.3, 0.4) is 0 Å². The van der Waals surface area contributed by atoms with E-state index < -0.39 is 17.8 Å². The summed E-state index contributed by atoms with van der Waals surface area (Å²) in [5.74, 6) is 0.463. The molecule has 0 aliphatic carbocycles. The molecule has 0 amide bonds. The molecule has 1 atom stereocenters. The molecule has 2 aromatic carbocycles. The zero-order valence-electron chi connectivity index (χ0n) is 11.3. The van der Waals surface area contributed by atoms with E-state index in [0.29, 0.717) is 16.9 Å². The molecule has 1 N–H and O–H groups in total. The van der Waals surface area contributed by atoms with Crippen LogP contribution in [0.25, 0.3) is 0 Å². The van der Waals surface area contributed by atoms with Crippen LogP contribution in [-0.4, -0.2) is 11.7 Å². The molecule has 0 aliphatic heterocycles. The van der Waals surface area contributed by atoms with Crippen molar-refractivity contribution in [2.75, 3.05) is 6.61 Å². The van der Waals surface area contributed by atoms with Crippen molar-refractivity contribution in [2.45, 2.75) is 12.3 Å². The maximum atomic E-state index is 12.4. The van der Waals surface area contributed by atoms with Crippen molar-refractivity contribution >= 4 is 0 Å². The number of benzene rings is 2. The average molecular weight is 307 g/mol. The topological polar surface area (TPSA) is 53.2 Å². The van der Waals surface area contributed by atoms with Gasteiger partial charge in [0.05, 0.1) is 17.2 Å². The van der Waals surface area contributed by atoms with Crippen LogP contribution in [0, 0.1) is 11.3 Å². The Morgan fingerprint density at radius 1 is 1.05 bits per heavy atom. The van der Waals surface area contributed by atoms with E-state index in [4.69, 9.17) is 10.00 Å². The third-order valence-corrected chi connectivity index (χ3v) is 3.01. The molecule has 0 bridgehead atoms. The average Bonchev–Trinajstić information content (AvgIpc) is 2.52. The summed E-state index contributed by atoms with van der Waals surface area (Å²) in [5.41, 5.74) is 0.0498. The highest BCUT2D eigenvalue weighted by molar-refractivity contribution is 5.34. The largest absolute Gasteiger partial charge is 0.491 e. The van der Waals surface area contributed by atoms with Gasteiger partial charge in [-0.25, -0.2) is 0 Å². The number of alkyl halides is 3. The molecule has 2 aromatic rings. The minimum Gasteiger partial charge on any atom is -0.491 e. The van der Waals surface area contributed by atoms with Gasteiger partial charge < -0.3 is 9.84 Å². The van der Waals surface area contributed by atoms with Gasteiger partial charge in [0.1, 0.15) is 18.5 Å². The summed E-state index contributed by atoms with van der Waals surface area (Å²) in [6, 6.07) is 12.5. The lowest BCUT2D eigenvalue weighted by molar-refractivity contribution is -0.137. The Morgan fingerprint density at radius 2 is 1.64 bits per heavy atom. The number of aliphatic hydroxyl groups excluding tert-OH is 1. The zero-order chi connectivity index (χ0) is 16.2. The summed E-state index contributed by atoms with van der Waals surface area (Å²) in [5, 5.41) is 18.6. The molecule has 0 heterocycles. The molecule has 22 heavy (non-hydrogen) atoms. The van der Waals surface area contributed by atoms with Crippen molar-refractivity contribution in [1.29, 1.82) is 5.26 Å². The highest BCUT2D eigenvalue weighted by atomic mass is 19.4. The number of ether oxygens (including phenoxy) is 1. The van der Waals surface area contributed by atoms with Gasteiger partial charge in [-0.2, -0.15) is 18.4 Å². The fourth-order valence-corrected chi connectivity index (χ4v) is 1.79. The van der Waals surface area contributed by atoms with E-state index in [1.54, 1.807) is 24.3 Å². The summed E-state index contributed by atoms with van der Waals surface area (Å²) >= 11 is 0. The van der Waals surface area contributed by atoms with Gasteiger partial charge in [-0.05, 0) is 42.0 Å². The number of halogens is 3. The van der Waals surface area contributed by atoms with E-state index in [2.05, 4.69) is 0 Å². The standard InChI is InChI=1S/C16H12F3NO2/c17-16(18,19)13-5-3-12(4-6-13)15(21)10-22-14-7-1-11(9-20)2-8-14/h1-8,15,21H,10H2. The number of nitrogens with zero attached hydrogens (tertiary/aromatic N) is 1. The first-order valence-electron chi connectivity index (χ1n) is 6.38.